The molecule has 1 aromatic rings. The number of carbonyl (C=O) groups excluding carboxylic acids is 1. The molecule has 0 spiro atoms. The van der Waals surface area contributed by atoms with Gasteiger partial charge in [0.1, 0.15) is 0 Å². The van der Waals surface area contributed by atoms with Crippen LogP contribution in [0, 0.1) is 6.92 Å². The van der Waals surface area contributed by atoms with Gasteiger partial charge in [0.2, 0.25) is 11.4 Å². The lowest BCUT2D eigenvalue weighted by atomic mass is 10.0. The third-order valence-electron chi connectivity index (χ3n) is 2.80. The Hall–Kier alpha value is -1.09. The molecule has 0 aliphatic heterocycles. The number of carbonyl (C=O) groups is 1. The number of hydrogen-bond donors (Lipinski definition) is 0. The molecule has 0 aromatic heterocycles. The van der Waals surface area contributed by atoms with Gasteiger partial charge >= 0.3 is 0 Å². The molecule has 1 rings (SSSR count). The molecule has 0 radical (unpaired) electrons. The summed E-state index contributed by atoms with van der Waals surface area (Å²) in [7, 11) is 0. The maximum absolute atomic E-state index is 12.8. The largest absolute Gasteiger partial charge is 0.372 e. The van der Waals surface area contributed by atoms with E-state index >= 15 is 0 Å². The van der Waals surface area contributed by atoms with Gasteiger partial charge in [-0.25, -0.2) is 4.39 Å². The van der Waals surface area contributed by atoms with E-state index < -0.39 is 11.4 Å². The fraction of sp³-hybridized carbons (Fsp3) is 0.462. The number of alkyl halides is 2. The molecule has 0 saturated carbocycles. The molecular formula is C13H17ClFNO. The normalized spacial score (nSPS) is 12.3. The van der Waals surface area contributed by atoms with E-state index in [4.69, 9.17) is 11.6 Å². The molecule has 0 aliphatic carbocycles. The summed E-state index contributed by atoms with van der Waals surface area (Å²) in [6.45, 7) is 7.71. The molecule has 0 heterocycles. The highest BCUT2D eigenvalue weighted by molar-refractivity contribution is 6.32. The minimum Gasteiger partial charge on any atom is -0.372 e. The molecule has 0 amide bonds. The average Bonchev–Trinajstić information content (AvgIpc) is 2.30. The van der Waals surface area contributed by atoms with Crippen molar-refractivity contribution in [3.8, 4) is 0 Å². The van der Waals surface area contributed by atoms with Crippen LogP contribution in [0.4, 0.5) is 10.1 Å². The third-order valence-corrected chi connectivity index (χ3v) is 3.00. The SMILES string of the molecule is CCN(CC)c1ccc(C(=O)C(F)Cl)c(C)c1. The van der Waals surface area contributed by atoms with Crippen molar-refractivity contribution in [2.75, 3.05) is 18.0 Å². The van der Waals surface area contributed by atoms with Crippen molar-refractivity contribution < 1.29 is 9.18 Å². The predicted molar refractivity (Wildman–Crippen MR) is 69.8 cm³/mol. The van der Waals surface area contributed by atoms with Gasteiger partial charge in [0.25, 0.3) is 0 Å². The van der Waals surface area contributed by atoms with E-state index in [0.717, 1.165) is 24.3 Å². The number of anilines is 1. The summed E-state index contributed by atoms with van der Waals surface area (Å²) in [5.74, 6) is -0.671. The predicted octanol–water partition coefficient (Wildman–Crippen LogP) is 3.56. The highest BCUT2D eigenvalue weighted by Gasteiger charge is 2.18. The van der Waals surface area contributed by atoms with Gasteiger partial charge in [-0.15, -0.1) is 0 Å². The lowest BCUT2D eigenvalue weighted by molar-refractivity contribution is 0.0934. The van der Waals surface area contributed by atoms with Gasteiger partial charge < -0.3 is 4.90 Å². The van der Waals surface area contributed by atoms with Gasteiger partial charge in [0.05, 0.1) is 0 Å². The first-order valence-corrected chi connectivity index (χ1v) is 6.12. The van der Waals surface area contributed by atoms with Crippen molar-refractivity contribution in [3.63, 3.8) is 0 Å². The Morgan fingerprint density at radius 2 is 2.00 bits per heavy atom. The Bertz CT molecular complexity index is 402. The van der Waals surface area contributed by atoms with E-state index in [1.165, 1.54) is 0 Å². The number of nitrogens with zero attached hydrogens (tertiary/aromatic N) is 1. The molecule has 0 N–H and O–H groups in total. The molecule has 1 unspecified atom stereocenters. The molecule has 17 heavy (non-hydrogen) atoms. The van der Waals surface area contributed by atoms with Gasteiger partial charge in [-0.05, 0) is 44.5 Å². The molecule has 1 aromatic carbocycles. The number of rotatable bonds is 5. The van der Waals surface area contributed by atoms with Crippen LogP contribution in [0.3, 0.4) is 0 Å². The zero-order chi connectivity index (χ0) is 13.0. The second kappa shape index (κ2) is 6.01. The van der Waals surface area contributed by atoms with Crippen LogP contribution in [0.25, 0.3) is 0 Å². The summed E-state index contributed by atoms with van der Waals surface area (Å²) in [4.78, 5) is 13.6. The Balaban J connectivity index is 3.05. The topological polar surface area (TPSA) is 20.3 Å². The van der Waals surface area contributed by atoms with Crippen LogP contribution in [0.2, 0.25) is 0 Å². The molecule has 0 saturated heterocycles. The second-order valence-corrected chi connectivity index (χ2v) is 4.22. The van der Waals surface area contributed by atoms with E-state index in [0.29, 0.717) is 5.56 Å². The molecule has 94 valence electrons. The monoisotopic (exact) mass is 257 g/mol. The molecular weight excluding hydrogens is 241 g/mol. The lowest BCUT2D eigenvalue weighted by Crippen LogP contribution is -2.22. The van der Waals surface area contributed by atoms with E-state index in [1.54, 1.807) is 13.0 Å². The van der Waals surface area contributed by atoms with Gasteiger partial charge in [-0.2, -0.15) is 0 Å². The Kier molecular flexibility index (Phi) is 4.94. The Labute approximate surface area is 106 Å². The summed E-state index contributed by atoms with van der Waals surface area (Å²) < 4.78 is 12.8. The molecule has 0 aliphatic rings. The summed E-state index contributed by atoms with van der Waals surface area (Å²) in [6.07, 6.45) is 0. The van der Waals surface area contributed by atoms with Gasteiger partial charge in [-0.3, -0.25) is 4.79 Å². The standard InChI is InChI=1S/C13H17ClFNO/c1-4-16(5-2)10-6-7-11(9(3)8-10)12(17)13(14)15/h6-8,13H,4-5H2,1-3H3. The molecule has 4 heteroatoms. The summed E-state index contributed by atoms with van der Waals surface area (Å²) in [5.41, 5.74) is 0.174. The number of ketones is 1. The van der Waals surface area contributed by atoms with Crippen LogP contribution >= 0.6 is 11.6 Å². The zero-order valence-electron chi connectivity index (χ0n) is 10.3. The number of benzene rings is 1. The van der Waals surface area contributed by atoms with Crippen LogP contribution in [-0.4, -0.2) is 24.5 Å². The Morgan fingerprint density at radius 3 is 2.41 bits per heavy atom. The summed E-state index contributed by atoms with van der Waals surface area (Å²) in [5, 5.41) is 0. The first kappa shape index (κ1) is 14.0. The van der Waals surface area contributed by atoms with Crippen molar-refractivity contribution >= 4 is 23.1 Å². The maximum atomic E-state index is 12.8. The molecule has 2 nitrogen and oxygen atoms in total. The third kappa shape index (κ3) is 3.19. The summed E-state index contributed by atoms with van der Waals surface area (Å²) >= 11 is 5.16. The number of hydrogen-bond acceptors (Lipinski definition) is 2. The minimum atomic E-state index is -1.96. The van der Waals surface area contributed by atoms with Crippen LogP contribution in [0.5, 0.6) is 0 Å². The highest BCUT2D eigenvalue weighted by atomic mass is 35.5. The van der Waals surface area contributed by atoms with Crippen molar-refractivity contribution in [3.05, 3.63) is 29.3 Å². The van der Waals surface area contributed by atoms with Gasteiger partial charge in [0, 0.05) is 24.3 Å². The minimum absolute atomic E-state index is 0.350. The quantitative estimate of drug-likeness (QED) is 0.594. The van der Waals surface area contributed by atoms with Gasteiger partial charge in [0.15, 0.2) is 0 Å². The first-order valence-electron chi connectivity index (χ1n) is 5.69. The number of Topliss-reactive ketones (excluding diaryl/α,β-unsaturated/α-hetero) is 1. The zero-order valence-corrected chi connectivity index (χ0v) is 11.1. The molecule has 1 atom stereocenters. The fourth-order valence-corrected chi connectivity index (χ4v) is 1.94. The average molecular weight is 258 g/mol. The van der Waals surface area contributed by atoms with Gasteiger partial charge in [-0.1, -0.05) is 11.6 Å². The number of halogens is 2. The van der Waals surface area contributed by atoms with Crippen LogP contribution in [-0.2, 0) is 0 Å². The van der Waals surface area contributed by atoms with Crippen molar-refractivity contribution in [2.45, 2.75) is 26.4 Å². The number of aryl methyl sites for hydroxylation is 1. The molecule has 0 bridgehead atoms. The molecule has 0 fully saturated rings. The van der Waals surface area contributed by atoms with E-state index in [9.17, 15) is 9.18 Å². The van der Waals surface area contributed by atoms with Crippen molar-refractivity contribution in [1.82, 2.24) is 0 Å². The lowest BCUT2D eigenvalue weighted by Gasteiger charge is -2.22. The highest BCUT2D eigenvalue weighted by Crippen LogP contribution is 2.21. The van der Waals surface area contributed by atoms with E-state index in [2.05, 4.69) is 18.7 Å². The maximum Gasteiger partial charge on any atom is 0.235 e. The smallest absolute Gasteiger partial charge is 0.235 e. The van der Waals surface area contributed by atoms with Crippen LogP contribution in [0.15, 0.2) is 18.2 Å². The van der Waals surface area contributed by atoms with E-state index in [1.807, 2.05) is 12.1 Å². The Morgan fingerprint density at radius 1 is 1.41 bits per heavy atom. The van der Waals surface area contributed by atoms with Crippen molar-refractivity contribution in [2.24, 2.45) is 0 Å². The van der Waals surface area contributed by atoms with Crippen LogP contribution in [0.1, 0.15) is 29.8 Å². The van der Waals surface area contributed by atoms with E-state index in [-0.39, 0.29) is 0 Å². The second-order valence-electron chi connectivity index (χ2n) is 3.84. The van der Waals surface area contributed by atoms with Crippen molar-refractivity contribution in [1.29, 1.82) is 0 Å². The van der Waals surface area contributed by atoms with Crippen LogP contribution < -0.4 is 4.90 Å². The fourth-order valence-electron chi connectivity index (χ4n) is 1.83. The first-order chi connectivity index (χ1) is 8.01. The summed E-state index contributed by atoms with van der Waals surface area (Å²) in [6, 6.07) is 5.35.